The van der Waals surface area contributed by atoms with Gasteiger partial charge in [-0.1, -0.05) is 0 Å². The smallest absolute Gasteiger partial charge is 0.255 e. The van der Waals surface area contributed by atoms with Gasteiger partial charge in [0.15, 0.2) is 0 Å². The van der Waals surface area contributed by atoms with Crippen molar-refractivity contribution in [3.63, 3.8) is 0 Å². The summed E-state index contributed by atoms with van der Waals surface area (Å²) >= 11 is 1.65. The van der Waals surface area contributed by atoms with Gasteiger partial charge in [0.1, 0.15) is 0 Å². The number of carbonyl (C=O) groups is 1. The number of carbonyl (C=O) groups excluding carboxylic acids is 1. The van der Waals surface area contributed by atoms with Crippen LogP contribution in [0.2, 0.25) is 0 Å². The zero-order chi connectivity index (χ0) is 9.97. The lowest BCUT2D eigenvalue weighted by Gasteiger charge is -2.26. The highest BCUT2D eigenvalue weighted by atomic mass is 32.1. The fourth-order valence-corrected chi connectivity index (χ4v) is 2.47. The number of nitrogens with two attached hydrogens (primary N) is 1. The molecule has 0 aromatic carbocycles. The number of thiophene rings is 1. The van der Waals surface area contributed by atoms with Crippen LogP contribution in [-0.2, 0) is 11.3 Å². The molecule has 0 spiro atoms. The molecule has 2 heterocycles. The maximum atomic E-state index is 11.8. The molecular formula is C9H12N2O2S. The Kier molecular flexibility index (Phi) is 2.81. The normalized spacial score (nSPS) is 15.8. The highest BCUT2D eigenvalue weighted by Crippen LogP contribution is 2.23. The molecule has 5 heteroatoms. The van der Waals surface area contributed by atoms with E-state index in [4.69, 9.17) is 5.90 Å². The molecule has 0 radical (unpaired) electrons. The van der Waals surface area contributed by atoms with Crippen LogP contribution >= 0.6 is 11.3 Å². The van der Waals surface area contributed by atoms with Crippen molar-refractivity contribution in [2.75, 3.05) is 19.7 Å². The van der Waals surface area contributed by atoms with Crippen LogP contribution in [0.3, 0.4) is 0 Å². The molecule has 0 fully saturated rings. The van der Waals surface area contributed by atoms with E-state index in [0.29, 0.717) is 13.2 Å². The number of rotatable bonds is 3. The monoisotopic (exact) mass is 212 g/mol. The lowest BCUT2D eigenvalue weighted by molar-refractivity contribution is 0.0629. The molecule has 1 aromatic heterocycles. The Morgan fingerprint density at radius 3 is 3.29 bits per heavy atom. The average Bonchev–Trinajstić information content (AvgIpc) is 2.66. The quantitative estimate of drug-likeness (QED) is 0.748. The summed E-state index contributed by atoms with van der Waals surface area (Å²) in [4.78, 5) is 19.3. The molecule has 14 heavy (non-hydrogen) atoms. The lowest BCUT2D eigenvalue weighted by Crippen LogP contribution is -2.39. The number of hydrogen-bond donors (Lipinski definition) is 1. The second kappa shape index (κ2) is 4.08. The van der Waals surface area contributed by atoms with Crippen molar-refractivity contribution in [3.05, 3.63) is 21.9 Å². The molecule has 76 valence electrons. The van der Waals surface area contributed by atoms with Crippen molar-refractivity contribution in [1.82, 2.24) is 4.90 Å². The third-order valence-electron chi connectivity index (χ3n) is 2.35. The molecule has 0 bridgehead atoms. The fourth-order valence-electron chi connectivity index (χ4n) is 1.61. The fraction of sp³-hybridized carbons (Fsp3) is 0.444. The Bertz CT molecular complexity index is 337. The average molecular weight is 212 g/mol. The summed E-state index contributed by atoms with van der Waals surface area (Å²) in [5.41, 5.74) is 0.846. The van der Waals surface area contributed by atoms with Crippen LogP contribution in [0, 0.1) is 0 Å². The third-order valence-corrected chi connectivity index (χ3v) is 3.33. The van der Waals surface area contributed by atoms with E-state index in [1.165, 1.54) is 4.88 Å². The minimum Gasteiger partial charge on any atom is -0.336 e. The van der Waals surface area contributed by atoms with Crippen molar-refractivity contribution >= 4 is 17.2 Å². The predicted octanol–water partition coefficient (Wildman–Crippen LogP) is 0.637. The van der Waals surface area contributed by atoms with Gasteiger partial charge in [-0.15, -0.1) is 11.3 Å². The van der Waals surface area contributed by atoms with Crippen LogP contribution in [0.25, 0.3) is 0 Å². The van der Waals surface area contributed by atoms with Crippen LogP contribution in [0.4, 0.5) is 0 Å². The number of nitrogens with zero attached hydrogens (tertiary/aromatic N) is 1. The van der Waals surface area contributed by atoms with Crippen LogP contribution in [-0.4, -0.2) is 30.5 Å². The zero-order valence-electron chi connectivity index (χ0n) is 7.73. The Morgan fingerprint density at radius 2 is 2.50 bits per heavy atom. The van der Waals surface area contributed by atoms with Gasteiger partial charge in [-0.05, 0) is 11.4 Å². The van der Waals surface area contributed by atoms with Gasteiger partial charge in [0.2, 0.25) is 0 Å². The van der Waals surface area contributed by atoms with Gasteiger partial charge in [-0.2, -0.15) is 0 Å². The van der Waals surface area contributed by atoms with Crippen LogP contribution in [0.1, 0.15) is 15.2 Å². The van der Waals surface area contributed by atoms with Gasteiger partial charge in [0.25, 0.3) is 5.91 Å². The first-order valence-corrected chi connectivity index (χ1v) is 5.38. The van der Waals surface area contributed by atoms with E-state index >= 15 is 0 Å². The Hall–Kier alpha value is -0.910. The van der Waals surface area contributed by atoms with Crippen molar-refractivity contribution < 1.29 is 9.63 Å². The zero-order valence-corrected chi connectivity index (χ0v) is 8.55. The summed E-state index contributed by atoms with van der Waals surface area (Å²) in [6.45, 7) is 1.74. The number of amides is 1. The van der Waals surface area contributed by atoms with E-state index in [1.807, 2.05) is 11.4 Å². The van der Waals surface area contributed by atoms with E-state index < -0.39 is 0 Å². The molecule has 0 aliphatic carbocycles. The summed E-state index contributed by atoms with van der Waals surface area (Å²) in [7, 11) is 0. The van der Waals surface area contributed by atoms with Crippen LogP contribution in [0.15, 0.2) is 11.4 Å². The number of hydrogen-bond acceptors (Lipinski definition) is 4. The highest BCUT2D eigenvalue weighted by Gasteiger charge is 2.24. The molecule has 2 rings (SSSR count). The van der Waals surface area contributed by atoms with Gasteiger partial charge in [0.05, 0.1) is 12.2 Å². The minimum absolute atomic E-state index is 0.101. The lowest BCUT2D eigenvalue weighted by atomic mass is 10.1. The highest BCUT2D eigenvalue weighted by molar-refractivity contribution is 7.10. The summed E-state index contributed by atoms with van der Waals surface area (Å²) in [5.74, 6) is 5.03. The predicted molar refractivity (Wildman–Crippen MR) is 54.1 cm³/mol. The molecule has 1 aliphatic heterocycles. The third kappa shape index (κ3) is 1.66. The largest absolute Gasteiger partial charge is 0.336 e. The topological polar surface area (TPSA) is 55.6 Å². The van der Waals surface area contributed by atoms with Crippen molar-refractivity contribution in [3.8, 4) is 0 Å². The van der Waals surface area contributed by atoms with Gasteiger partial charge in [-0.25, -0.2) is 5.90 Å². The molecule has 4 nitrogen and oxygen atoms in total. The molecule has 0 saturated carbocycles. The number of fused-ring (bicyclic) bond motifs is 1. The minimum atomic E-state index is 0.101. The van der Waals surface area contributed by atoms with Crippen molar-refractivity contribution in [2.45, 2.75) is 6.42 Å². The Balaban J connectivity index is 2.09. The van der Waals surface area contributed by atoms with Gasteiger partial charge in [-0.3, -0.25) is 4.79 Å². The van der Waals surface area contributed by atoms with E-state index in [2.05, 4.69) is 4.84 Å². The maximum Gasteiger partial charge on any atom is 0.255 e. The van der Waals surface area contributed by atoms with E-state index in [0.717, 1.165) is 18.5 Å². The summed E-state index contributed by atoms with van der Waals surface area (Å²) in [5, 5.41) is 1.96. The Morgan fingerprint density at radius 1 is 1.64 bits per heavy atom. The first kappa shape index (κ1) is 9.64. The summed E-state index contributed by atoms with van der Waals surface area (Å²) < 4.78 is 0. The van der Waals surface area contributed by atoms with Crippen molar-refractivity contribution in [1.29, 1.82) is 0 Å². The molecule has 0 atom stereocenters. The standard InChI is InChI=1S/C9H12N2O2S/c10-13-5-4-11-3-1-8-7(9(11)12)2-6-14-8/h2,6H,1,3-5,10H2. The second-order valence-corrected chi connectivity index (χ2v) is 4.17. The molecule has 0 unspecified atom stereocenters. The van der Waals surface area contributed by atoms with Gasteiger partial charge >= 0.3 is 0 Å². The van der Waals surface area contributed by atoms with E-state index in [9.17, 15) is 4.79 Å². The van der Waals surface area contributed by atoms with Crippen molar-refractivity contribution in [2.24, 2.45) is 5.90 Å². The molecule has 1 aromatic rings. The summed E-state index contributed by atoms with van der Waals surface area (Å²) in [6.07, 6.45) is 0.948. The second-order valence-electron chi connectivity index (χ2n) is 3.17. The Labute approximate surface area is 86.2 Å². The van der Waals surface area contributed by atoms with Crippen LogP contribution in [0.5, 0.6) is 0 Å². The molecule has 1 aliphatic rings. The molecule has 2 N–H and O–H groups in total. The van der Waals surface area contributed by atoms with E-state index in [1.54, 1.807) is 16.2 Å². The first-order chi connectivity index (χ1) is 6.83. The molecule has 0 saturated heterocycles. The maximum absolute atomic E-state index is 11.8. The van der Waals surface area contributed by atoms with E-state index in [-0.39, 0.29) is 5.91 Å². The SMILES string of the molecule is NOCCN1CCc2sccc2C1=O. The molecule has 1 amide bonds. The van der Waals surface area contributed by atoms with Gasteiger partial charge < -0.3 is 9.74 Å². The summed E-state index contributed by atoms with van der Waals surface area (Å²) in [6, 6.07) is 1.89. The van der Waals surface area contributed by atoms with Gasteiger partial charge in [0, 0.05) is 24.4 Å². The molecular weight excluding hydrogens is 200 g/mol. The van der Waals surface area contributed by atoms with Crippen LogP contribution < -0.4 is 5.90 Å². The first-order valence-electron chi connectivity index (χ1n) is 4.50.